The van der Waals surface area contributed by atoms with Gasteiger partial charge in [-0.25, -0.2) is 0 Å². The monoisotopic (exact) mass is 349 g/mol. The predicted octanol–water partition coefficient (Wildman–Crippen LogP) is 4.21. The van der Waals surface area contributed by atoms with Crippen LogP contribution < -0.4 is 4.90 Å². The number of aryl methyl sites for hydroxylation is 1. The Morgan fingerprint density at radius 2 is 1.83 bits per heavy atom. The Balaban J connectivity index is 2.28. The van der Waals surface area contributed by atoms with E-state index in [0.29, 0.717) is 11.8 Å². The van der Waals surface area contributed by atoms with Crippen LogP contribution in [0, 0.1) is 5.41 Å². The minimum absolute atomic E-state index is 0.175. The molecule has 0 fully saturated rings. The van der Waals surface area contributed by atoms with E-state index in [9.17, 15) is 4.79 Å². The zero-order valence-electron chi connectivity index (χ0n) is 14.6. The van der Waals surface area contributed by atoms with Crippen LogP contribution in [0.1, 0.15) is 45.9 Å². The molecule has 0 spiro atoms. The molecular weight excluding hydrogens is 326 g/mol. The standard InChI is InChI=1S/C18H24ClN3O2/c1-5-9-14-20-21-15(24-14)12-22(13-10-7-6-8-11-13)17(23)16(19)18(2,3)4/h6-8,10-11,16H,5,9,12H2,1-4H3. The van der Waals surface area contributed by atoms with E-state index in [1.165, 1.54) is 0 Å². The number of amides is 1. The molecular formula is C18H24ClN3O2. The van der Waals surface area contributed by atoms with Crippen molar-refractivity contribution < 1.29 is 9.21 Å². The minimum atomic E-state index is -0.657. The molecule has 0 saturated carbocycles. The number of aromatic nitrogens is 2. The summed E-state index contributed by atoms with van der Waals surface area (Å²) in [6.45, 7) is 8.08. The molecule has 0 aliphatic rings. The normalized spacial score (nSPS) is 12.9. The molecule has 2 aromatic rings. The third-order valence-corrected chi connectivity index (χ3v) is 4.42. The van der Waals surface area contributed by atoms with Gasteiger partial charge in [0.05, 0.1) is 0 Å². The Morgan fingerprint density at radius 3 is 2.42 bits per heavy atom. The molecule has 2 rings (SSSR count). The highest BCUT2D eigenvalue weighted by atomic mass is 35.5. The molecule has 0 radical (unpaired) electrons. The molecule has 1 amide bonds. The maximum atomic E-state index is 12.9. The first kappa shape index (κ1) is 18.5. The van der Waals surface area contributed by atoms with Crippen molar-refractivity contribution in [3.05, 3.63) is 42.1 Å². The second-order valence-corrected chi connectivity index (χ2v) is 7.26. The lowest BCUT2D eigenvalue weighted by atomic mass is 9.91. The maximum absolute atomic E-state index is 12.9. The van der Waals surface area contributed by atoms with Crippen molar-refractivity contribution in [2.45, 2.75) is 52.5 Å². The summed E-state index contributed by atoms with van der Waals surface area (Å²) in [5, 5.41) is 7.41. The molecule has 0 bridgehead atoms. The number of halogens is 1. The first-order chi connectivity index (χ1) is 11.3. The summed E-state index contributed by atoms with van der Waals surface area (Å²) in [6.07, 6.45) is 1.66. The van der Waals surface area contributed by atoms with E-state index in [2.05, 4.69) is 10.2 Å². The fraction of sp³-hybridized carbons (Fsp3) is 0.500. The van der Waals surface area contributed by atoms with Gasteiger partial charge in [0.15, 0.2) is 0 Å². The number of hydrogen-bond donors (Lipinski definition) is 0. The number of hydrogen-bond acceptors (Lipinski definition) is 4. The summed E-state index contributed by atoms with van der Waals surface area (Å²) in [5.74, 6) is 0.824. The molecule has 5 nitrogen and oxygen atoms in total. The van der Waals surface area contributed by atoms with Crippen LogP contribution in [0.2, 0.25) is 0 Å². The number of alkyl halides is 1. The second-order valence-electron chi connectivity index (χ2n) is 6.83. The number of benzene rings is 1. The van der Waals surface area contributed by atoms with Gasteiger partial charge in [-0.1, -0.05) is 45.9 Å². The van der Waals surface area contributed by atoms with E-state index in [1.807, 2.05) is 58.0 Å². The molecule has 1 heterocycles. The number of rotatable bonds is 6. The third-order valence-electron chi connectivity index (χ3n) is 3.58. The van der Waals surface area contributed by atoms with Crippen LogP contribution >= 0.6 is 11.6 Å². The number of nitrogens with zero attached hydrogens (tertiary/aromatic N) is 3. The van der Waals surface area contributed by atoms with E-state index < -0.39 is 5.38 Å². The molecule has 0 aliphatic heterocycles. The topological polar surface area (TPSA) is 59.2 Å². The van der Waals surface area contributed by atoms with Gasteiger partial charge in [0, 0.05) is 12.1 Å². The summed E-state index contributed by atoms with van der Waals surface area (Å²) in [6, 6.07) is 9.40. The summed E-state index contributed by atoms with van der Waals surface area (Å²) < 4.78 is 5.63. The largest absolute Gasteiger partial charge is 0.423 e. The number of anilines is 1. The first-order valence-electron chi connectivity index (χ1n) is 8.14. The lowest BCUT2D eigenvalue weighted by molar-refractivity contribution is -0.120. The smallest absolute Gasteiger partial charge is 0.246 e. The molecule has 0 N–H and O–H groups in total. The Kier molecular flexibility index (Phi) is 5.99. The highest BCUT2D eigenvalue weighted by Crippen LogP contribution is 2.29. The van der Waals surface area contributed by atoms with Crippen LogP contribution in [0.3, 0.4) is 0 Å². The van der Waals surface area contributed by atoms with E-state index in [0.717, 1.165) is 18.5 Å². The van der Waals surface area contributed by atoms with Crippen LogP contribution in [0.4, 0.5) is 5.69 Å². The molecule has 1 atom stereocenters. The summed E-state index contributed by atoms with van der Waals surface area (Å²) in [7, 11) is 0. The molecule has 0 saturated heterocycles. The Labute approximate surface area is 148 Å². The van der Waals surface area contributed by atoms with Crippen LogP contribution in [0.25, 0.3) is 0 Å². The Bertz CT molecular complexity index is 664. The van der Waals surface area contributed by atoms with Crippen LogP contribution in [-0.2, 0) is 17.8 Å². The number of carbonyl (C=O) groups excluding carboxylic acids is 1. The minimum Gasteiger partial charge on any atom is -0.423 e. The fourth-order valence-electron chi connectivity index (χ4n) is 2.21. The van der Waals surface area contributed by atoms with Gasteiger partial charge in [-0.3, -0.25) is 4.79 Å². The molecule has 24 heavy (non-hydrogen) atoms. The van der Waals surface area contributed by atoms with Gasteiger partial charge in [0.2, 0.25) is 17.7 Å². The molecule has 130 valence electrons. The molecule has 1 aromatic heterocycles. The van der Waals surface area contributed by atoms with Gasteiger partial charge in [-0.15, -0.1) is 21.8 Å². The summed E-state index contributed by atoms with van der Waals surface area (Å²) in [5.41, 5.74) is 0.404. The predicted molar refractivity (Wildman–Crippen MR) is 95.0 cm³/mol. The van der Waals surface area contributed by atoms with Crippen molar-refractivity contribution in [3.8, 4) is 0 Å². The average Bonchev–Trinajstić information content (AvgIpc) is 2.99. The zero-order valence-corrected chi connectivity index (χ0v) is 15.4. The van der Waals surface area contributed by atoms with Gasteiger partial charge in [-0.2, -0.15) is 0 Å². The van der Waals surface area contributed by atoms with E-state index >= 15 is 0 Å². The van der Waals surface area contributed by atoms with Gasteiger partial charge in [0.1, 0.15) is 11.9 Å². The third kappa shape index (κ3) is 4.57. The van der Waals surface area contributed by atoms with Crippen molar-refractivity contribution in [1.29, 1.82) is 0 Å². The quantitative estimate of drug-likeness (QED) is 0.733. The van der Waals surface area contributed by atoms with Gasteiger partial charge in [0.25, 0.3) is 0 Å². The number of carbonyl (C=O) groups is 1. The van der Waals surface area contributed by atoms with Crippen molar-refractivity contribution in [2.24, 2.45) is 5.41 Å². The van der Waals surface area contributed by atoms with Crippen molar-refractivity contribution in [1.82, 2.24) is 10.2 Å². The molecule has 1 unspecified atom stereocenters. The van der Waals surface area contributed by atoms with Gasteiger partial charge in [-0.05, 0) is 24.0 Å². The van der Waals surface area contributed by atoms with Crippen LogP contribution in [-0.4, -0.2) is 21.5 Å². The van der Waals surface area contributed by atoms with E-state index in [4.69, 9.17) is 16.0 Å². The first-order valence-corrected chi connectivity index (χ1v) is 8.58. The van der Waals surface area contributed by atoms with Crippen molar-refractivity contribution in [3.63, 3.8) is 0 Å². The summed E-state index contributed by atoms with van der Waals surface area (Å²) in [4.78, 5) is 14.5. The van der Waals surface area contributed by atoms with Crippen LogP contribution in [0.5, 0.6) is 0 Å². The van der Waals surface area contributed by atoms with Crippen molar-refractivity contribution >= 4 is 23.2 Å². The lowest BCUT2D eigenvalue weighted by Gasteiger charge is -2.30. The molecule has 1 aromatic carbocycles. The van der Waals surface area contributed by atoms with Gasteiger partial charge >= 0.3 is 0 Å². The number of para-hydroxylation sites is 1. The Morgan fingerprint density at radius 1 is 1.21 bits per heavy atom. The zero-order chi connectivity index (χ0) is 17.7. The van der Waals surface area contributed by atoms with Crippen LogP contribution in [0.15, 0.2) is 34.7 Å². The van der Waals surface area contributed by atoms with Crippen molar-refractivity contribution in [2.75, 3.05) is 4.90 Å². The van der Waals surface area contributed by atoms with E-state index in [-0.39, 0.29) is 17.9 Å². The highest BCUT2D eigenvalue weighted by Gasteiger charge is 2.34. The maximum Gasteiger partial charge on any atom is 0.246 e. The highest BCUT2D eigenvalue weighted by molar-refractivity contribution is 6.33. The lowest BCUT2D eigenvalue weighted by Crippen LogP contribution is -2.42. The molecule has 6 heteroatoms. The summed E-state index contributed by atoms with van der Waals surface area (Å²) >= 11 is 6.42. The van der Waals surface area contributed by atoms with E-state index in [1.54, 1.807) is 4.90 Å². The van der Waals surface area contributed by atoms with Gasteiger partial charge < -0.3 is 9.32 Å². The Hall–Kier alpha value is -1.88. The second kappa shape index (κ2) is 7.79. The fourth-order valence-corrected chi connectivity index (χ4v) is 2.33. The SMILES string of the molecule is CCCc1nnc(CN(C(=O)C(Cl)C(C)(C)C)c2ccccc2)o1. The molecule has 0 aliphatic carbocycles. The average molecular weight is 350 g/mol.